The summed E-state index contributed by atoms with van der Waals surface area (Å²) in [5.74, 6) is -0.289. The zero-order valence-corrected chi connectivity index (χ0v) is 17.2. The molecule has 1 heterocycles. The molecule has 0 bridgehead atoms. The summed E-state index contributed by atoms with van der Waals surface area (Å²) in [5.41, 5.74) is 2.80. The zero-order valence-electron chi connectivity index (χ0n) is 17.2. The Morgan fingerprint density at radius 2 is 1.77 bits per heavy atom. The molecule has 0 aliphatic heterocycles. The molecular formula is C21H34N2O3. The van der Waals surface area contributed by atoms with Crippen molar-refractivity contribution in [3.8, 4) is 0 Å². The van der Waals surface area contributed by atoms with Crippen LogP contribution in [0.1, 0.15) is 91.9 Å². The van der Waals surface area contributed by atoms with Gasteiger partial charge in [-0.15, -0.1) is 0 Å². The van der Waals surface area contributed by atoms with Crippen molar-refractivity contribution in [1.29, 1.82) is 0 Å². The lowest BCUT2D eigenvalue weighted by Gasteiger charge is -2.37. The molecule has 146 valence electrons. The molecule has 26 heavy (non-hydrogen) atoms. The number of hydrogen-bond acceptors (Lipinski definition) is 3. The highest BCUT2D eigenvalue weighted by molar-refractivity contribution is 6.01. The molecule has 1 aromatic rings. The molecule has 1 aromatic heterocycles. The highest BCUT2D eigenvalue weighted by atomic mass is 16.5. The fourth-order valence-electron chi connectivity index (χ4n) is 4.38. The van der Waals surface area contributed by atoms with E-state index in [0.717, 1.165) is 24.1 Å². The quantitative estimate of drug-likeness (QED) is 0.701. The van der Waals surface area contributed by atoms with Crippen LogP contribution in [-0.2, 0) is 11.3 Å². The Bertz CT molecular complexity index is 655. The monoisotopic (exact) mass is 362 g/mol. The van der Waals surface area contributed by atoms with E-state index in [-0.39, 0.29) is 17.9 Å². The molecule has 0 atom stereocenters. The van der Waals surface area contributed by atoms with Crippen LogP contribution in [0.2, 0.25) is 0 Å². The van der Waals surface area contributed by atoms with Crippen molar-refractivity contribution in [3.05, 3.63) is 22.5 Å². The number of nitrogens with zero attached hydrogens (tertiary/aromatic N) is 2. The fourth-order valence-corrected chi connectivity index (χ4v) is 4.38. The van der Waals surface area contributed by atoms with E-state index in [0.29, 0.717) is 30.5 Å². The third kappa shape index (κ3) is 3.81. The predicted octanol–water partition coefficient (Wildman–Crippen LogP) is 4.48. The molecule has 0 aromatic carbocycles. The summed E-state index contributed by atoms with van der Waals surface area (Å²) in [5, 5.41) is 0. The van der Waals surface area contributed by atoms with Crippen molar-refractivity contribution in [2.45, 2.75) is 92.3 Å². The minimum Gasteiger partial charge on any atom is -0.461 e. The molecule has 0 radical (unpaired) electrons. The van der Waals surface area contributed by atoms with Gasteiger partial charge in [-0.1, -0.05) is 19.3 Å². The molecule has 1 fully saturated rings. The third-order valence-electron chi connectivity index (χ3n) is 5.52. The van der Waals surface area contributed by atoms with Gasteiger partial charge in [0.15, 0.2) is 0 Å². The lowest BCUT2D eigenvalue weighted by molar-refractivity contribution is 0.0512. The second kappa shape index (κ2) is 8.74. The van der Waals surface area contributed by atoms with Gasteiger partial charge >= 0.3 is 5.97 Å². The molecule has 2 rings (SSSR count). The van der Waals surface area contributed by atoms with Gasteiger partial charge in [0.05, 0.1) is 12.2 Å². The molecular weight excluding hydrogens is 328 g/mol. The first kappa shape index (κ1) is 20.5. The normalized spacial score (nSPS) is 15.3. The minimum atomic E-state index is -0.345. The van der Waals surface area contributed by atoms with E-state index < -0.39 is 0 Å². The first-order valence-electron chi connectivity index (χ1n) is 10.0. The van der Waals surface area contributed by atoms with Gasteiger partial charge in [0, 0.05) is 24.3 Å². The largest absolute Gasteiger partial charge is 0.461 e. The lowest BCUT2D eigenvalue weighted by Crippen LogP contribution is -2.46. The average molecular weight is 363 g/mol. The standard InChI is InChI=1S/C21H34N2O3/c1-7-22-16(6)18(15(5)19(22)21(25)26-8-2)20(24)23(14(3)4)17-12-10-9-11-13-17/h14,17H,7-13H2,1-6H3. The maximum Gasteiger partial charge on any atom is 0.355 e. The van der Waals surface area contributed by atoms with Crippen molar-refractivity contribution >= 4 is 11.9 Å². The summed E-state index contributed by atoms with van der Waals surface area (Å²) in [4.78, 5) is 28.1. The second-order valence-electron chi connectivity index (χ2n) is 7.50. The van der Waals surface area contributed by atoms with Crippen LogP contribution in [0.4, 0.5) is 0 Å². The SMILES string of the molecule is CCOC(=O)c1c(C)c(C(=O)N(C(C)C)C2CCCCC2)c(C)n1CC. The second-order valence-corrected chi connectivity index (χ2v) is 7.50. The van der Waals surface area contributed by atoms with E-state index in [2.05, 4.69) is 13.8 Å². The Kier molecular flexibility index (Phi) is 6.90. The molecule has 1 saturated carbocycles. The summed E-state index contributed by atoms with van der Waals surface area (Å²) in [6.45, 7) is 12.7. The topological polar surface area (TPSA) is 51.5 Å². The van der Waals surface area contributed by atoms with E-state index in [1.54, 1.807) is 6.92 Å². The van der Waals surface area contributed by atoms with Crippen LogP contribution in [0.5, 0.6) is 0 Å². The number of hydrogen-bond donors (Lipinski definition) is 0. The zero-order chi connectivity index (χ0) is 19.4. The molecule has 0 spiro atoms. The summed E-state index contributed by atoms with van der Waals surface area (Å²) >= 11 is 0. The van der Waals surface area contributed by atoms with E-state index in [4.69, 9.17) is 4.74 Å². The van der Waals surface area contributed by atoms with Gasteiger partial charge in [0.2, 0.25) is 0 Å². The highest BCUT2D eigenvalue weighted by Gasteiger charge is 2.33. The van der Waals surface area contributed by atoms with Crippen LogP contribution in [0.25, 0.3) is 0 Å². The Labute approximate surface area is 157 Å². The number of carbonyl (C=O) groups is 2. The van der Waals surface area contributed by atoms with Crippen molar-refractivity contribution in [2.24, 2.45) is 0 Å². The van der Waals surface area contributed by atoms with Crippen molar-refractivity contribution in [2.75, 3.05) is 6.61 Å². The van der Waals surface area contributed by atoms with Crippen LogP contribution in [0.15, 0.2) is 0 Å². The number of rotatable bonds is 6. The molecule has 1 aliphatic carbocycles. The summed E-state index contributed by atoms with van der Waals surface area (Å²) in [6, 6.07) is 0.437. The molecule has 0 saturated heterocycles. The van der Waals surface area contributed by atoms with Crippen LogP contribution < -0.4 is 0 Å². The van der Waals surface area contributed by atoms with Gasteiger partial charge in [0.1, 0.15) is 5.69 Å². The average Bonchev–Trinajstić information content (AvgIpc) is 2.85. The number of aromatic nitrogens is 1. The van der Waals surface area contributed by atoms with Gasteiger partial charge < -0.3 is 14.2 Å². The maximum atomic E-state index is 13.5. The molecule has 5 nitrogen and oxygen atoms in total. The Morgan fingerprint density at radius 1 is 1.15 bits per heavy atom. The van der Waals surface area contributed by atoms with Crippen molar-refractivity contribution in [3.63, 3.8) is 0 Å². The van der Waals surface area contributed by atoms with Gasteiger partial charge in [-0.3, -0.25) is 4.79 Å². The number of esters is 1. The predicted molar refractivity (Wildman–Crippen MR) is 104 cm³/mol. The van der Waals surface area contributed by atoms with Crippen molar-refractivity contribution < 1.29 is 14.3 Å². The summed E-state index contributed by atoms with van der Waals surface area (Å²) in [6.07, 6.45) is 5.77. The summed E-state index contributed by atoms with van der Waals surface area (Å²) < 4.78 is 7.16. The third-order valence-corrected chi connectivity index (χ3v) is 5.52. The van der Waals surface area contributed by atoms with Crippen LogP contribution in [-0.4, -0.2) is 40.0 Å². The molecule has 1 aliphatic rings. The molecule has 0 unspecified atom stereocenters. The first-order valence-corrected chi connectivity index (χ1v) is 10.0. The number of ether oxygens (including phenoxy) is 1. The van der Waals surface area contributed by atoms with Crippen LogP contribution >= 0.6 is 0 Å². The van der Waals surface area contributed by atoms with Crippen molar-refractivity contribution in [1.82, 2.24) is 9.47 Å². The van der Waals surface area contributed by atoms with Crippen LogP contribution in [0.3, 0.4) is 0 Å². The number of amides is 1. The smallest absolute Gasteiger partial charge is 0.355 e. The first-order chi connectivity index (χ1) is 12.3. The maximum absolute atomic E-state index is 13.5. The van der Waals surface area contributed by atoms with Gasteiger partial charge in [-0.05, 0) is 59.9 Å². The van der Waals surface area contributed by atoms with E-state index in [9.17, 15) is 9.59 Å². The lowest BCUT2D eigenvalue weighted by atomic mass is 9.92. The Morgan fingerprint density at radius 3 is 2.27 bits per heavy atom. The van der Waals surface area contributed by atoms with E-state index >= 15 is 0 Å². The van der Waals surface area contributed by atoms with E-state index in [1.165, 1.54) is 19.3 Å². The van der Waals surface area contributed by atoms with Crippen LogP contribution in [0, 0.1) is 13.8 Å². The van der Waals surface area contributed by atoms with Gasteiger partial charge in [-0.2, -0.15) is 0 Å². The molecule has 0 N–H and O–H groups in total. The Hall–Kier alpha value is -1.78. The summed E-state index contributed by atoms with van der Waals surface area (Å²) in [7, 11) is 0. The van der Waals surface area contributed by atoms with Gasteiger partial charge in [0.25, 0.3) is 5.91 Å². The fraction of sp³-hybridized carbons (Fsp3) is 0.714. The minimum absolute atomic E-state index is 0.0552. The van der Waals surface area contributed by atoms with E-state index in [1.807, 2.05) is 30.2 Å². The number of carbonyl (C=O) groups excluding carboxylic acids is 2. The van der Waals surface area contributed by atoms with Gasteiger partial charge in [-0.25, -0.2) is 4.79 Å². The highest BCUT2D eigenvalue weighted by Crippen LogP contribution is 2.30. The molecule has 5 heteroatoms. The Balaban J connectivity index is 2.48. The molecule has 1 amide bonds.